The van der Waals surface area contributed by atoms with Crippen LogP contribution in [0, 0.1) is 0 Å². The Morgan fingerprint density at radius 3 is 2.80 bits per heavy atom. The summed E-state index contributed by atoms with van der Waals surface area (Å²) in [5.74, 6) is 0. The molecule has 3 N–H and O–H groups in total. The average Bonchev–Trinajstić information content (AvgIpc) is 2.87. The van der Waals surface area contributed by atoms with Crippen LogP contribution < -0.4 is 9.62 Å². The van der Waals surface area contributed by atoms with E-state index < -0.39 is 16.6 Å². The second-order valence-corrected chi connectivity index (χ2v) is 6.05. The summed E-state index contributed by atoms with van der Waals surface area (Å²) in [6.45, 7) is -0.398. The molecule has 0 unspecified atom stereocenters. The van der Waals surface area contributed by atoms with Gasteiger partial charge in [0.05, 0.1) is 18.5 Å². The first-order chi connectivity index (χ1) is 9.44. The van der Waals surface area contributed by atoms with Gasteiger partial charge in [-0.15, -0.1) is 0 Å². The van der Waals surface area contributed by atoms with Crippen molar-refractivity contribution >= 4 is 21.4 Å². The van der Waals surface area contributed by atoms with Crippen molar-refractivity contribution < 1.29 is 13.5 Å². The van der Waals surface area contributed by atoms with E-state index in [1.54, 1.807) is 18.2 Å². The first-order valence-electron chi connectivity index (χ1n) is 5.87. The monoisotopic (exact) mass is 296 g/mol. The number of aromatic amines is 1. The Morgan fingerprint density at radius 1 is 1.40 bits per heavy atom. The molecule has 0 aliphatic heterocycles. The minimum absolute atomic E-state index is 0.129. The highest BCUT2D eigenvalue weighted by Gasteiger charge is 2.20. The van der Waals surface area contributed by atoms with E-state index in [1.807, 2.05) is 25.1 Å². The standard InChI is InChI=1S/C12H16N4O3S/c1-16(2)11-5-3-4-10(6-11)15-20(18,19)12-9(8-17)7-13-14-12/h3-7,15,17H,8H2,1-2H3,(H,13,14). The van der Waals surface area contributed by atoms with Gasteiger partial charge in [-0.3, -0.25) is 9.82 Å². The normalized spacial score (nSPS) is 11.3. The van der Waals surface area contributed by atoms with E-state index >= 15 is 0 Å². The maximum Gasteiger partial charge on any atom is 0.279 e. The average molecular weight is 296 g/mol. The van der Waals surface area contributed by atoms with Crippen molar-refractivity contribution in [3.05, 3.63) is 36.0 Å². The third kappa shape index (κ3) is 2.91. The molecule has 20 heavy (non-hydrogen) atoms. The molecule has 1 aromatic carbocycles. The number of rotatable bonds is 5. The molecule has 0 saturated heterocycles. The lowest BCUT2D eigenvalue weighted by Gasteiger charge is -2.14. The van der Waals surface area contributed by atoms with Gasteiger partial charge in [0.15, 0.2) is 5.03 Å². The Labute approximate surface area is 117 Å². The summed E-state index contributed by atoms with van der Waals surface area (Å²) in [6, 6.07) is 6.99. The van der Waals surface area contributed by atoms with E-state index in [9.17, 15) is 8.42 Å². The minimum atomic E-state index is -3.80. The van der Waals surface area contributed by atoms with Gasteiger partial charge in [0, 0.05) is 25.3 Å². The number of H-pyrrole nitrogens is 1. The largest absolute Gasteiger partial charge is 0.392 e. The zero-order valence-electron chi connectivity index (χ0n) is 11.2. The minimum Gasteiger partial charge on any atom is -0.392 e. The molecule has 0 spiro atoms. The smallest absolute Gasteiger partial charge is 0.279 e. The van der Waals surface area contributed by atoms with Gasteiger partial charge in [-0.1, -0.05) is 6.07 Å². The van der Waals surface area contributed by atoms with Crippen molar-refractivity contribution in [3.63, 3.8) is 0 Å². The van der Waals surface area contributed by atoms with Crippen molar-refractivity contribution in [2.24, 2.45) is 0 Å². The lowest BCUT2D eigenvalue weighted by atomic mass is 10.3. The molecule has 0 saturated carbocycles. The Balaban J connectivity index is 2.31. The molecule has 0 radical (unpaired) electrons. The Hall–Kier alpha value is -2.06. The second-order valence-electron chi connectivity index (χ2n) is 4.43. The summed E-state index contributed by atoms with van der Waals surface area (Å²) in [5, 5.41) is 15.0. The molecule has 2 aromatic rings. The fourth-order valence-electron chi connectivity index (χ4n) is 1.70. The van der Waals surface area contributed by atoms with Crippen LogP contribution in [-0.2, 0) is 16.6 Å². The Morgan fingerprint density at radius 2 is 2.15 bits per heavy atom. The maximum atomic E-state index is 12.2. The molecule has 1 aromatic heterocycles. The van der Waals surface area contributed by atoms with Gasteiger partial charge in [0.2, 0.25) is 0 Å². The first kappa shape index (κ1) is 14.4. The Kier molecular flexibility index (Phi) is 3.96. The fraction of sp³-hybridized carbons (Fsp3) is 0.250. The zero-order valence-corrected chi connectivity index (χ0v) is 12.0. The van der Waals surface area contributed by atoms with Crippen LogP contribution in [0.2, 0.25) is 0 Å². The summed E-state index contributed by atoms with van der Waals surface area (Å²) in [4.78, 5) is 1.87. The highest BCUT2D eigenvalue weighted by molar-refractivity contribution is 7.92. The third-order valence-corrected chi connectivity index (χ3v) is 4.13. The van der Waals surface area contributed by atoms with Gasteiger partial charge in [0.25, 0.3) is 10.0 Å². The third-order valence-electron chi connectivity index (χ3n) is 2.73. The van der Waals surface area contributed by atoms with Gasteiger partial charge in [-0.2, -0.15) is 13.5 Å². The lowest BCUT2D eigenvalue weighted by Crippen LogP contribution is -2.16. The van der Waals surface area contributed by atoms with E-state index in [-0.39, 0.29) is 10.6 Å². The highest BCUT2D eigenvalue weighted by Crippen LogP contribution is 2.21. The van der Waals surface area contributed by atoms with Crippen LogP contribution in [0.3, 0.4) is 0 Å². The van der Waals surface area contributed by atoms with Crippen molar-refractivity contribution in [2.45, 2.75) is 11.6 Å². The molecular weight excluding hydrogens is 280 g/mol. The zero-order chi connectivity index (χ0) is 14.8. The molecule has 0 amide bonds. The molecule has 0 atom stereocenters. The molecule has 0 bridgehead atoms. The molecule has 7 nitrogen and oxygen atoms in total. The summed E-state index contributed by atoms with van der Waals surface area (Å²) >= 11 is 0. The van der Waals surface area contributed by atoms with Crippen molar-refractivity contribution in [1.29, 1.82) is 0 Å². The number of sulfonamides is 1. The quantitative estimate of drug-likeness (QED) is 0.757. The summed E-state index contributed by atoms with van der Waals surface area (Å²) < 4.78 is 26.9. The number of aromatic nitrogens is 2. The molecule has 0 aliphatic carbocycles. The number of hydrogen-bond acceptors (Lipinski definition) is 5. The van der Waals surface area contributed by atoms with E-state index in [1.165, 1.54) is 6.20 Å². The van der Waals surface area contributed by atoms with Crippen molar-refractivity contribution in [2.75, 3.05) is 23.7 Å². The highest BCUT2D eigenvalue weighted by atomic mass is 32.2. The van der Waals surface area contributed by atoms with E-state index in [4.69, 9.17) is 5.11 Å². The maximum absolute atomic E-state index is 12.2. The van der Waals surface area contributed by atoms with Crippen molar-refractivity contribution in [1.82, 2.24) is 10.2 Å². The van der Waals surface area contributed by atoms with E-state index in [0.717, 1.165) is 5.69 Å². The number of aliphatic hydroxyl groups excluding tert-OH is 1. The van der Waals surface area contributed by atoms with Crippen LogP contribution in [-0.4, -0.2) is 37.8 Å². The number of benzene rings is 1. The predicted octanol–water partition coefficient (Wildman–Crippen LogP) is 0.769. The van der Waals surface area contributed by atoms with Crippen LogP contribution in [0.1, 0.15) is 5.56 Å². The molecule has 0 fully saturated rings. The number of aliphatic hydroxyl groups is 1. The van der Waals surface area contributed by atoms with E-state index in [2.05, 4.69) is 14.9 Å². The topological polar surface area (TPSA) is 98.3 Å². The van der Waals surface area contributed by atoms with E-state index in [0.29, 0.717) is 5.69 Å². The number of hydrogen-bond donors (Lipinski definition) is 3. The number of nitrogens with one attached hydrogen (secondary N) is 2. The molecule has 8 heteroatoms. The molecule has 1 heterocycles. The molecule has 0 aliphatic rings. The van der Waals surface area contributed by atoms with Crippen molar-refractivity contribution in [3.8, 4) is 0 Å². The molecular formula is C12H16N4O3S. The Bertz CT molecular complexity index is 694. The first-order valence-corrected chi connectivity index (χ1v) is 7.35. The van der Waals surface area contributed by atoms with Crippen LogP contribution >= 0.6 is 0 Å². The van der Waals surface area contributed by atoms with Gasteiger partial charge in [-0.25, -0.2) is 0 Å². The van der Waals surface area contributed by atoms with Gasteiger partial charge >= 0.3 is 0 Å². The van der Waals surface area contributed by atoms with Crippen LogP contribution in [0.15, 0.2) is 35.5 Å². The molecule has 2 rings (SSSR count). The van der Waals surface area contributed by atoms with Crippen LogP contribution in [0.5, 0.6) is 0 Å². The predicted molar refractivity (Wildman–Crippen MR) is 76.1 cm³/mol. The van der Waals surface area contributed by atoms with Gasteiger partial charge in [-0.05, 0) is 18.2 Å². The molecule has 108 valence electrons. The second kappa shape index (κ2) is 5.51. The SMILES string of the molecule is CN(C)c1cccc(NS(=O)(=O)c2[nH]ncc2CO)c1. The summed E-state index contributed by atoms with van der Waals surface area (Å²) in [7, 11) is -0.0669. The number of anilines is 2. The lowest BCUT2D eigenvalue weighted by molar-refractivity contribution is 0.278. The van der Waals surface area contributed by atoms with Crippen LogP contribution in [0.4, 0.5) is 11.4 Å². The fourth-order valence-corrected chi connectivity index (χ4v) is 2.87. The summed E-state index contributed by atoms with van der Waals surface area (Å²) in [5.41, 5.74) is 1.54. The summed E-state index contributed by atoms with van der Waals surface area (Å²) in [6.07, 6.45) is 1.28. The number of nitrogens with zero attached hydrogens (tertiary/aromatic N) is 2. The van der Waals surface area contributed by atoms with Gasteiger partial charge < -0.3 is 10.0 Å². The van der Waals surface area contributed by atoms with Crippen LogP contribution in [0.25, 0.3) is 0 Å². The van der Waals surface area contributed by atoms with Gasteiger partial charge in [0.1, 0.15) is 0 Å².